The number of nitro benzene ring substituents is 1. The van der Waals surface area contributed by atoms with Crippen LogP contribution in [0, 0.1) is 10.1 Å². The fraction of sp³-hybridized carbons (Fsp3) is 0.500. The molecular formula is C12H7ClF9NO2. The van der Waals surface area contributed by atoms with Crippen molar-refractivity contribution >= 4 is 17.3 Å². The van der Waals surface area contributed by atoms with Crippen molar-refractivity contribution in [2.45, 2.75) is 35.7 Å². The summed E-state index contributed by atoms with van der Waals surface area (Å²) in [4.78, 5) is 9.56. The van der Waals surface area contributed by atoms with Crippen LogP contribution >= 0.6 is 11.6 Å². The van der Waals surface area contributed by atoms with Gasteiger partial charge in [0, 0.05) is 18.6 Å². The summed E-state index contributed by atoms with van der Waals surface area (Å²) in [6.45, 7) is 0. The molecule has 0 saturated heterocycles. The summed E-state index contributed by atoms with van der Waals surface area (Å²) in [5, 5.41) is 8.34. The minimum atomic E-state index is -7.01. The Bertz CT molecular complexity index is 648. The van der Waals surface area contributed by atoms with Gasteiger partial charge in [-0.1, -0.05) is 12.1 Å². The number of hydrogen-bond acceptors (Lipinski definition) is 2. The second-order valence-electron chi connectivity index (χ2n) is 4.87. The van der Waals surface area contributed by atoms with E-state index in [0.29, 0.717) is 6.07 Å². The lowest BCUT2D eigenvalue weighted by Gasteiger charge is -2.34. The Morgan fingerprint density at radius 2 is 1.52 bits per heavy atom. The predicted octanol–water partition coefficient (Wildman–Crippen LogP) is 5.73. The maximum atomic E-state index is 13.5. The van der Waals surface area contributed by atoms with E-state index in [1.807, 2.05) is 0 Å². The first kappa shape index (κ1) is 21.3. The van der Waals surface area contributed by atoms with Crippen LogP contribution in [0.5, 0.6) is 0 Å². The minimum absolute atomic E-state index is 0.526. The van der Waals surface area contributed by atoms with Gasteiger partial charge in [0.15, 0.2) is 0 Å². The zero-order valence-corrected chi connectivity index (χ0v) is 12.4. The van der Waals surface area contributed by atoms with Crippen molar-refractivity contribution in [2.24, 2.45) is 0 Å². The molecule has 1 aromatic carbocycles. The molecule has 1 unspecified atom stereocenters. The van der Waals surface area contributed by atoms with E-state index in [-0.39, 0.29) is 0 Å². The molecule has 0 aromatic heterocycles. The van der Waals surface area contributed by atoms with Crippen molar-refractivity contribution in [3.63, 3.8) is 0 Å². The quantitative estimate of drug-likeness (QED) is 0.263. The smallest absolute Gasteiger partial charge is 0.258 e. The van der Waals surface area contributed by atoms with Crippen LogP contribution in [0.2, 0.25) is 0 Å². The molecule has 0 fully saturated rings. The molecule has 1 aromatic rings. The van der Waals surface area contributed by atoms with E-state index in [4.69, 9.17) is 11.6 Å². The molecule has 0 saturated carbocycles. The highest BCUT2D eigenvalue weighted by atomic mass is 35.5. The van der Waals surface area contributed by atoms with Crippen LogP contribution < -0.4 is 0 Å². The van der Waals surface area contributed by atoms with Crippen LogP contribution in [-0.4, -0.2) is 28.9 Å². The van der Waals surface area contributed by atoms with Crippen LogP contribution in [0.4, 0.5) is 45.2 Å². The second kappa shape index (κ2) is 6.54. The van der Waals surface area contributed by atoms with Crippen LogP contribution in [0.25, 0.3) is 0 Å². The minimum Gasteiger partial charge on any atom is -0.258 e. The molecule has 1 rings (SSSR count). The highest BCUT2D eigenvalue weighted by molar-refractivity contribution is 6.20. The molecule has 142 valence electrons. The first-order chi connectivity index (χ1) is 11.0. The molecule has 3 nitrogen and oxygen atoms in total. The number of benzene rings is 1. The molecule has 0 aliphatic heterocycles. The van der Waals surface area contributed by atoms with Crippen molar-refractivity contribution in [1.82, 2.24) is 0 Å². The van der Waals surface area contributed by atoms with E-state index in [9.17, 15) is 49.6 Å². The van der Waals surface area contributed by atoms with E-state index in [1.54, 1.807) is 0 Å². The van der Waals surface area contributed by atoms with E-state index < -0.39 is 51.9 Å². The third-order valence-electron chi connectivity index (χ3n) is 3.09. The van der Waals surface area contributed by atoms with Gasteiger partial charge >= 0.3 is 23.9 Å². The molecule has 0 heterocycles. The van der Waals surface area contributed by atoms with Gasteiger partial charge in [-0.25, -0.2) is 0 Å². The standard InChI is InChI=1S/C12H7ClF9NO2/c13-8(6-2-1-3-7(4-6)23(24)25)5-9(14,15)10(16,17)11(18,19)12(20,21)22/h1-4,8H,5H2. The third kappa shape index (κ3) is 3.93. The number of non-ortho nitro benzene ring substituents is 1. The number of rotatable bonds is 6. The highest BCUT2D eigenvalue weighted by Crippen LogP contribution is 2.55. The maximum absolute atomic E-state index is 13.5. The molecule has 1 atom stereocenters. The van der Waals surface area contributed by atoms with Gasteiger partial charge in [0.1, 0.15) is 0 Å². The van der Waals surface area contributed by atoms with Gasteiger partial charge in [0.25, 0.3) is 5.69 Å². The normalized spacial score (nSPS) is 15.1. The lowest BCUT2D eigenvalue weighted by molar-refractivity contribution is -0.396. The van der Waals surface area contributed by atoms with E-state index >= 15 is 0 Å². The highest BCUT2D eigenvalue weighted by Gasteiger charge is 2.81. The average molecular weight is 404 g/mol. The van der Waals surface area contributed by atoms with Crippen LogP contribution in [0.15, 0.2) is 24.3 Å². The van der Waals surface area contributed by atoms with Gasteiger partial charge in [-0.2, -0.15) is 39.5 Å². The van der Waals surface area contributed by atoms with Gasteiger partial charge in [0.05, 0.1) is 10.3 Å². The molecule has 0 amide bonds. The Labute approximate surface area is 138 Å². The van der Waals surface area contributed by atoms with E-state index in [0.717, 1.165) is 18.2 Å². The Hall–Kier alpha value is -1.72. The van der Waals surface area contributed by atoms with Gasteiger partial charge in [-0.05, 0) is 5.56 Å². The summed E-state index contributed by atoms with van der Waals surface area (Å²) in [5.41, 5.74) is -1.19. The van der Waals surface area contributed by atoms with Crippen LogP contribution in [0.3, 0.4) is 0 Å². The second-order valence-corrected chi connectivity index (χ2v) is 5.40. The van der Waals surface area contributed by atoms with Crippen molar-refractivity contribution in [3.8, 4) is 0 Å². The van der Waals surface area contributed by atoms with Crippen LogP contribution in [0.1, 0.15) is 17.4 Å². The summed E-state index contributed by atoms with van der Waals surface area (Å²) in [7, 11) is 0. The zero-order chi connectivity index (χ0) is 19.8. The fourth-order valence-electron chi connectivity index (χ4n) is 1.71. The number of nitrogens with zero attached hydrogens (tertiary/aromatic N) is 1. The average Bonchev–Trinajstić information content (AvgIpc) is 2.45. The predicted molar refractivity (Wildman–Crippen MR) is 67.2 cm³/mol. The summed E-state index contributed by atoms with van der Waals surface area (Å²) in [6, 6.07) is 3.34. The molecule has 0 spiro atoms. The Morgan fingerprint density at radius 3 is 1.96 bits per heavy atom. The molecule has 0 bridgehead atoms. The summed E-state index contributed by atoms with van der Waals surface area (Å²) in [6.07, 6.45) is -9.23. The summed E-state index contributed by atoms with van der Waals surface area (Å²) >= 11 is 5.38. The van der Waals surface area contributed by atoms with Gasteiger partial charge in [-0.3, -0.25) is 10.1 Å². The van der Waals surface area contributed by atoms with Crippen LogP contribution in [-0.2, 0) is 0 Å². The Balaban J connectivity index is 3.15. The third-order valence-corrected chi connectivity index (χ3v) is 3.49. The number of halogens is 10. The number of hydrogen-bond donors (Lipinski definition) is 0. The van der Waals surface area contributed by atoms with Gasteiger partial charge in [-0.15, -0.1) is 11.6 Å². The van der Waals surface area contributed by atoms with E-state index in [2.05, 4.69) is 0 Å². The first-order valence-corrected chi connectivity index (χ1v) is 6.57. The van der Waals surface area contributed by atoms with Crippen molar-refractivity contribution in [1.29, 1.82) is 0 Å². The lowest BCUT2D eigenvalue weighted by Crippen LogP contribution is -2.61. The van der Waals surface area contributed by atoms with E-state index in [1.165, 1.54) is 0 Å². The molecule has 0 radical (unpaired) electrons. The molecule has 25 heavy (non-hydrogen) atoms. The maximum Gasteiger partial charge on any atom is 0.460 e. The van der Waals surface area contributed by atoms with Crippen molar-refractivity contribution in [3.05, 3.63) is 39.9 Å². The molecule has 0 N–H and O–H groups in total. The molecule has 0 aliphatic carbocycles. The fourth-order valence-corrected chi connectivity index (χ4v) is 2.04. The van der Waals surface area contributed by atoms with Gasteiger partial charge < -0.3 is 0 Å². The zero-order valence-electron chi connectivity index (χ0n) is 11.6. The van der Waals surface area contributed by atoms with Crippen molar-refractivity contribution in [2.75, 3.05) is 0 Å². The number of nitro groups is 1. The molecule has 13 heteroatoms. The van der Waals surface area contributed by atoms with Crippen molar-refractivity contribution < 1.29 is 44.4 Å². The summed E-state index contributed by atoms with van der Waals surface area (Å²) in [5.74, 6) is -19.7. The summed E-state index contributed by atoms with van der Waals surface area (Å²) < 4.78 is 115. The lowest BCUT2D eigenvalue weighted by atomic mass is 9.96. The Kier molecular flexibility index (Phi) is 5.58. The van der Waals surface area contributed by atoms with Gasteiger partial charge in [0.2, 0.25) is 0 Å². The molecular weight excluding hydrogens is 397 g/mol. The molecule has 0 aliphatic rings. The number of alkyl halides is 10. The topological polar surface area (TPSA) is 43.1 Å². The first-order valence-electron chi connectivity index (χ1n) is 6.13. The largest absolute Gasteiger partial charge is 0.460 e. The Morgan fingerprint density at radius 1 is 1.00 bits per heavy atom. The SMILES string of the molecule is O=[N+]([O-])c1cccc(C(Cl)CC(F)(F)C(F)(F)C(F)(F)C(F)(F)F)c1. The monoisotopic (exact) mass is 403 g/mol.